The number of fused-ring (bicyclic) bond motifs is 2. The van der Waals surface area contributed by atoms with Gasteiger partial charge in [-0.15, -0.1) is 10.2 Å². The summed E-state index contributed by atoms with van der Waals surface area (Å²) in [6.45, 7) is 0. The largest absolute Gasteiger partial charge is 0.351 e. The van der Waals surface area contributed by atoms with Crippen molar-refractivity contribution in [2.75, 3.05) is 0 Å². The topological polar surface area (TPSA) is 48.0 Å². The van der Waals surface area contributed by atoms with Gasteiger partial charge in [-0.2, -0.15) is 9.61 Å². The molecular formula is C20H15F2N5. The number of halogens is 2. The van der Waals surface area contributed by atoms with Crippen LogP contribution in [0, 0.1) is 11.6 Å². The molecule has 0 spiro atoms. The molecule has 1 aromatic carbocycles. The number of allylic oxidation sites excluding steroid dienone is 1. The summed E-state index contributed by atoms with van der Waals surface area (Å²) in [5.41, 5.74) is 3.80. The highest BCUT2D eigenvalue weighted by Gasteiger charge is 2.21. The van der Waals surface area contributed by atoms with Crippen LogP contribution in [0.25, 0.3) is 23.1 Å². The molecule has 0 amide bonds. The molecular weight excluding hydrogens is 348 g/mol. The summed E-state index contributed by atoms with van der Waals surface area (Å²) in [4.78, 5) is 0. The van der Waals surface area contributed by atoms with Crippen molar-refractivity contribution in [2.45, 2.75) is 12.3 Å². The maximum atomic E-state index is 14.2. The Bertz CT molecular complexity index is 1200. The van der Waals surface area contributed by atoms with Crippen LogP contribution in [-0.2, 0) is 13.5 Å². The van der Waals surface area contributed by atoms with Crippen molar-refractivity contribution >= 4 is 11.7 Å². The van der Waals surface area contributed by atoms with E-state index in [0.29, 0.717) is 5.65 Å². The number of hydrogen-bond donors (Lipinski definition) is 0. The summed E-state index contributed by atoms with van der Waals surface area (Å²) in [6, 6.07) is 9.07. The van der Waals surface area contributed by atoms with Gasteiger partial charge >= 0.3 is 0 Å². The lowest BCUT2D eigenvalue weighted by Crippen LogP contribution is -2.10. The molecule has 5 rings (SSSR count). The monoisotopic (exact) mass is 363 g/mol. The second-order valence-electron chi connectivity index (χ2n) is 6.68. The third-order valence-electron chi connectivity index (χ3n) is 4.97. The standard InChI is InChI=1S/C20H15F2N5/c1-26-9-8-13-10-12(2-6-18(13)26)17-5-7-19-23-24-20(27(19)25-17)15-11-14(21)3-4-16(15)22/h2-9,11-12H,10H2,1H3. The van der Waals surface area contributed by atoms with E-state index in [0.717, 1.165) is 30.3 Å². The quantitative estimate of drug-likeness (QED) is 0.545. The Balaban J connectivity index is 1.59. The van der Waals surface area contributed by atoms with Crippen molar-refractivity contribution < 1.29 is 8.78 Å². The molecule has 0 saturated carbocycles. The highest BCUT2D eigenvalue weighted by atomic mass is 19.1. The molecule has 1 unspecified atom stereocenters. The van der Waals surface area contributed by atoms with E-state index < -0.39 is 11.6 Å². The van der Waals surface area contributed by atoms with Crippen LogP contribution >= 0.6 is 0 Å². The molecule has 0 fully saturated rings. The summed E-state index contributed by atoms with van der Waals surface area (Å²) in [5.74, 6) is -0.823. The first-order valence-corrected chi connectivity index (χ1v) is 8.60. The second-order valence-corrected chi connectivity index (χ2v) is 6.68. The number of aromatic nitrogens is 5. The maximum Gasteiger partial charge on any atom is 0.188 e. The van der Waals surface area contributed by atoms with Crippen LogP contribution in [0.15, 0.2) is 48.7 Å². The van der Waals surface area contributed by atoms with Gasteiger partial charge in [0.2, 0.25) is 0 Å². The van der Waals surface area contributed by atoms with E-state index in [2.05, 4.69) is 38.1 Å². The molecule has 134 valence electrons. The van der Waals surface area contributed by atoms with Crippen molar-refractivity contribution in [1.29, 1.82) is 0 Å². The predicted octanol–water partition coefficient (Wildman–Crippen LogP) is 3.76. The molecule has 3 aromatic heterocycles. The molecule has 0 saturated heterocycles. The van der Waals surface area contributed by atoms with Crippen LogP contribution in [0.3, 0.4) is 0 Å². The number of nitrogens with zero attached hydrogens (tertiary/aromatic N) is 5. The van der Waals surface area contributed by atoms with Gasteiger partial charge in [-0.25, -0.2) is 8.78 Å². The lowest BCUT2D eigenvalue weighted by molar-refractivity contribution is 0.601. The fourth-order valence-corrected chi connectivity index (χ4v) is 3.54. The molecule has 1 atom stereocenters. The van der Waals surface area contributed by atoms with E-state index in [4.69, 9.17) is 0 Å². The van der Waals surface area contributed by atoms with Crippen LogP contribution < -0.4 is 0 Å². The van der Waals surface area contributed by atoms with Crippen molar-refractivity contribution in [3.05, 3.63) is 77.3 Å². The van der Waals surface area contributed by atoms with Crippen LogP contribution in [0.2, 0.25) is 0 Å². The van der Waals surface area contributed by atoms with E-state index >= 15 is 0 Å². The molecule has 1 aliphatic carbocycles. The van der Waals surface area contributed by atoms with Gasteiger partial charge in [0.15, 0.2) is 11.5 Å². The van der Waals surface area contributed by atoms with Crippen molar-refractivity contribution in [1.82, 2.24) is 24.4 Å². The van der Waals surface area contributed by atoms with Crippen molar-refractivity contribution in [3.8, 4) is 11.4 Å². The molecule has 3 heterocycles. The van der Waals surface area contributed by atoms with Gasteiger partial charge in [0.1, 0.15) is 11.6 Å². The van der Waals surface area contributed by atoms with E-state index in [1.54, 1.807) is 6.07 Å². The predicted molar refractivity (Wildman–Crippen MR) is 97.0 cm³/mol. The van der Waals surface area contributed by atoms with Gasteiger partial charge in [0.05, 0.1) is 11.3 Å². The Morgan fingerprint density at radius 1 is 1.07 bits per heavy atom. The zero-order valence-corrected chi connectivity index (χ0v) is 14.5. The van der Waals surface area contributed by atoms with Crippen molar-refractivity contribution in [3.63, 3.8) is 0 Å². The van der Waals surface area contributed by atoms with Crippen LogP contribution in [-0.4, -0.2) is 24.4 Å². The minimum Gasteiger partial charge on any atom is -0.351 e. The Kier molecular flexibility index (Phi) is 3.43. The summed E-state index contributed by atoms with van der Waals surface area (Å²) < 4.78 is 31.4. The number of hydrogen-bond acceptors (Lipinski definition) is 3. The number of aryl methyl sites for hydroxylation is 1. The molecule has 0 radical (unpaired) electrons. The first-order valence-electron chi connectivity index (χ1n) is 8.60. The van der Waals surface area contributed by atoms with Crippen molar-refractivity contribution in [2.24, 2.45) is 7.05 Å². The van der Waals surface area contributed by atoms with E-state index in [1.807, 2.05) is 19.3 Å². The minimum atomic E-state index is -0.565. The molecule has 0 bridgehead atoms. The summed E-state index contributed by atoms with van der Waals surface area (Å²) in [6.07, 6.45) is 7.08. The Morgan fingerprint density at radius 2 is 1.96 bits per heavy atom. The molecule has 7 heteroatoms. The zero-order valence-electron chi connectivity index (χ0n) is 14.5. The highest BCUT2D eigenvalue weighted by Crippen LogP contribution is 2.30. The smallest absolute Gasteiger partial charge is 0.188 e. The molecule has 0 N–H and O–H groups in total. The van der Waals surface area contributed by atoms with Crippen LogP contribution in [0.4, 0.5) is 8.78 Å². The number of benzene rings is 1. The first-order chi connectivity index (χ1) is 13.1. The number of rotatable bonds is 2. The SMILES string of the molecule is Cn1ccc2c1C=CC(c1ccc3nnc(-c4cc(F)ccc4F)n3n1)C2. The molecule has 27 heavy (non-hydrogen) atoms. The average Bonchev–Trinajstić information content (AvgIpc) is 3.26. The van der Waals surface area contributed by atoms with Gasteiger partial charge in [-0.05, 0) is 54.5 Å². The summed E-state index contributed by atoms with van der Waals surface area (Å²) >= 11 is 0. The highest BCUT2D eigenvalue weighted by molar-refractivity contribution is 5.60. The van der Waals surface area contributed by atoms with Crippen LogP contribution in [0.1, 0.15) is 22.9 Å². The first kappa shape index (κ1) is 15.9. The molecule has 4 aromatic rings. The fraction of sp³-hybridized carbons (Fsp3) is 0.150. The second kappa shape index (κ2) is 5.84. The normalized spacial score (nSPS) is 16.0. The van der Waals surface area contributed by atoms with E-state index in [1.165, 1.54) is 15.8 Å². The average molecular weight is 363 g/mol. The van der Waals surface area contributed by atoms with Gasteiger partial charge in [-0.1, -0.05) is 6.08 Å². The van der Waals surface area contributed by atoms with E-state index in [-0.39, 0.29) is 17.3 Å². The lowest BCUT2D eigenvalue weighted by atomic mass is 9.91. The molecule has 1 aliphatic rings. The van der Waals surface area contributed by atoms with Crippen LogP contribution in [0.5, 0.6) is 0 Å². The van der Waals surface area contributed by atoms with Gasteiger partial charge in [-0.3, -0.25) is 0 Å². The Hall–Kier alpha value is -3.35. The summed E-state index contributed by atoms with van der Waals surface area (Å²) in [5, 5.41) is 12.7. The van der Waals surface area contributed by atoms with Gasteiger partial charge < -0.3 is 4.57 Å². The summed E-state index contributed by atoms with van der Waals surface area (Å²) in [7, 11) is 2.02. The minimum absolute atomic E-state index is 0.0386. The molecule has 0 aliphatic heterocycles. The fourth-order valence-electron chi connectivity index (χ4n) is 3.54. The van der Waals surface area contributed by atoms with Gasteiger partial charge in [0, 0.05) is 24.9 Å². The lowest BCUT2D eigenvalue weighted by Gasteiger charge is -2.17. The maximum absolute atomic E-state index is 14.2. The van der Waals surface area contributed by atoms with Gasteiger partial charge in [0.25, 0.3) is 0 Å². The molecule has 5 nitrogen and oxygen atoms in total. The zero-order chi connectivity index (χ0) is 18.5. The Morgan fingerprint density at radius 3 is 2.85 bits per heavy atom. The third kappa shape index (κ3) is 2.54. The van der Waals surface area contributed by atoms with E-state index in [9.17, 15) is 8.78 Å². The third-order valence-corrected chi connectivity index (χ3v) is 4.97. The Labute approximate surface area is 153 Å².